The molecule has 2 aromatic carbocycles. The predicted molar refractivity (Wildman–Crippen MR) is 142 cm³/mol. The number of hydrogen-bond donors (Lipinski definition) is 0. The van der Waals surface area contributed by atoms with Crippen LogP contribution >= 0.6 is 11.8 Å². The van der Waals surface area contributed by atoms with Gasteiger partial charge < -0.3 is 19.1 Å². The highest BCUT2D eigenvalue weighted by Gasteiger charge is 2.64. The van der Waals surface area contributed by atoms with E-state index in [0.717, 1.165) is 11.1 Å². The maximum atomic E-state index is 13.8. The summed E-state index contributed by atoms with van der Waals surface area (Å²) < 4.78 is 15.7. The van der Waals surface area contributed by atoms with Gasteiger partial charge in [0.2, 0.25) is 0 Å². The number of fused-ring (bicyclic) bond motifs is 1. The first-order chi connectivity index (χ1) is 17.9. The van der Waals surface area contributed by atoms with Gasteiger partial charge in [0.25, 0.3) is 5.91 Å². The summed E-state index contributed by atoms with van der Waals surface area (Å²) in [6.07, 6.45) is 0.471. The van der Waals surface area contributed by atoms with E-state index in [9.17, 15) is 19.2 Å². The summed E-state index contributed by atoms with van der Waals surface area (Å²) in [6, 6.07) is 17.6. The lowest BCUT2D eigenvalue weighted by Gasteiger charge is -2.40. The summed E-state index contributed by atoms with van der Waals surface area (Å²) in [4.78, 5) is 52.5. The topological polar surface area (TPSA) is 99.2 Å². The SMILES string of the molecule is CC(=O)OC[C@]1(C)SC2/C(=C\C(=O)OC(C)(C)C)C(=O)N2[C@H]1C(=O)OC(c1ccccc1)c1ccccc1. The molecule has 2 saturated heterocycles. The third-order valence-electron chi connectivity index (χ3n) is 6.14. The molecule has 1 unspecified atom stereocenters. The van der Waals surface area contributed by atoms with Gasteiger partial charge in [-0.15, -0.1) is 11.8 Å². The summed E-state index contributed by atoms with van der Waals surface area (Å²) in [5, 5.41) is -0.583. The number of β-lactam (4-membered cyclic amide) rings is 1. The van der Waals surface area contributed by atoms with Gasteiger partial charge in [-0.05, 0) is 38.8 Å². The van der Waals surface area contributed by atoms with Crippen molar-refractivity contribution in [2.45, 2.75) is 62.5 Å². The molecule has 0 saturated carbocycles. The van der Waals surface area contributed by atoms with E-state index in [-0.39, 0.29) is 12.2 Å². The smallest absolute Gasteiger partial charge is 0.331 e. The molecule has 8 nitrogen and oxygen atoms in total. The summed E-state index contributed by atoms with van der Waals surface area (Å²) in [7, 11) is 0. The average molecular weight is 538 g/mol. The highest BCUT2D eigenvalue weighted by Crippen LogP contribution is 2.54. The zero-order valence-corrected chi connectivity index (χ0v) is 22.8. The molecule has 9 heteroatoms. The van der Waals surface area contributed by atoms with Gasteiger partial charge >= 0.3 is 17.9 Å². The van der Waals surface area contributed by atoms with E-state index in [0.29, 0.717) is 0 Å². The molecule has 2 fully saturated rings. The van der Waals surface area contributed by atoms with Gasteiger partial charge in [-0.25, -0.2) is 9.59 Å². The van der Waals surface area contributed by atoms with Gasteiger partial charge in [0.05, 0.1) is 10.3 Å². The Kier molecular flexibility index (Phi) is 7.69. The minimum absolute atomic E-state index is 0.117. The molecule has 2 heterocycles. The van der Waals surface area contributed by atoms with Crippen molar-refractivity contribution in [3.05, 3.63) is 83.4 Å². The Labute approximate surface area is 226 Å². The summed E-state index contributed by atoms with van der Waals surface area (Å²) in [5.41, 5.74) is 1.06. The number of carbonyl (C=O) groups is 4. The van der Waals surface area contributed by atoms with Gasteiger partial charge in [-0.3, -0.25) is 9.59 Å². The van der Waals surface area contributed by atoms with Crippen LogP contribution in [0.3, 0.4) is 0 Å². The highest BCUT2D eigenvalue weighted by molar-refractivity contribution is 8.02. The molecule has 0 bridgehead atoms. The van der Waals surface area contributed by atoms with Gasteiger partial charge in [0, 0.05) is 13.0 Å². The molecule has 4 rings (SSSR count). The fourth-order valence-electron chi connectivity index (χ4n) is 4.51. The molecular weight excluding hydrogens is 506 g/mol. The summed E-state index contributed by atoms with van der Waals surface area (Å²) in [6.45, 7) is 8.13. The van der Waals surface area contributed by atoms with Crippen molar-refractivity contribution in [3.8, 4) is 0 Å². The molecular formula is C29H31NO7S. The number of hydrogen-bond acceptors (Lipinski definition) is 8. The molecule has 200 valence electrons. The number of carbonyl (C=O) groups excluding carboxylic acids is 4. The van der Waals surface area contributed by atoms with Crippen molar-refractivity contribution >= 4 is 35.6 Å². The highest BCUT2D eigenvalue weighted by atomic mass is 32.2. The van der Waals surface area contributed by atoms with Crippen molar-refractivity contribution in [3.63, 3.8) is 0 Å². The van der Waals surface area contributed by atoms with Crippen LogP contribution in [0.1, 0.15) is 51.8 Å². The van der Waals surface area contributed by atoms with E-state index in [4.69, 9.17) is 14.2 Å². The molecule has 0 aliphatic carbocycles. The number of ether oxygens (including phenoxy) is 3. The van der Waals surface area contributed by atoms with Crippen LogP contribution in [-0.2, 0) is 33.4 Å². The Balaban J connectivity index is 1.65. The van der Waals surface area contributed by atoms with Gasteiger partial charge in [0.15, 0.2) is 6.10 Å². The number of esters is 3. The Morgan fingerprint density at radius 1 is 1.03 bits per heavy atom. The van der Waals surface area contributed by atoms with Crippen molar-refractivity contribution in [2.24, 2.45) is 0 Å². The first-order valence-electron chi connectivity index (χ1n) is 12.3. The molecule has 0 aromatic heterocycles. The molecule has 0 N–H and O–H groups in total. The second-order valence-electron chi connectivity index (χ2n) is 10.4. The zero-order valence-electron chi connectivity index (χ0n) is 22.0. The van der Waals surface area contributed by atoms with Crippen LogP contribution < -0.4 is 0 Å². The van der Waals surface area contributed by atoms with Crippen LogP contribution in [0.5, 0.6) is 0 Å². The standard InChI is InChI=1S/C29H31NO7S/c1-18(31)35-17-29(5)24(30-25(33)21(26(30)38-29)16-22(32)37-28(2,3)4)27(34)36-23(19-12-8-6-9-13-19)20-14-10-7-11-15-20/h6-16,23-24,26H,17H2,1-5H3/b21-16-/t24-,26?,29-/m0/s1. The quantitative estimate of drug-likeness (QED) is 0.224. The van der Waals surface area contributed by atoms with Crippen LogP contribution in [0.15, 0.2) is 72.3 Å². The van der Waals surface area contributed by atoms with E-state index in [1.807, 2.05) is 60.7 Å². The Morgan fingerprint density at radius 3 is 2.08 bits per heavy atom. The van der Waals surface area contributed by atoms with Gasteiger partial charge in [-0.1, -0.05) is 60.7 Å². The zero-order chi connectivity index (χ0) is 27.7. The number of amides is 1. The number of benzene rings is 2. The second kappa shape index (κ2) is 10.6. The van der Waals surface area contributed by atoms with Crippen LogP contribution in [0, 0.1) is 0 Å². The lowest BCUT2D eigenvalue weighted by molar-refractivity contribution is -0.162. The van der Waals surface area contributed by atoms with E-state index < -0.39 is 51.7 Å². The molecule has 2 aliphatic rings. The fourth-order valence-corrected chi connectivity index (χ4v) is 6.11. The maximum absolute atomic E-state index is 13.8. The van der Waals surface area contributed by atoms with E-state index in [2.05, 4.69) is 0 Å². The maximum Gasteiger partial charge on any atom is 0.331 e. The van der Waals surface area contributed by atoms with Crippen molar-refractivity contribution in [2.75, 3.05) is 6.61 Å². The molecule has 0 radical (unpaired) electrons. The minimum Gasteiger partial charge on any atom is -0.464 e. The largest absolute Gasteiger partial charge is 0.464 e. The number of nitrogens with zero attached hydrogens (tertiary/aromatic N) is 1. The first kappa shape index (κ1) is 27.4. The Bertz CT molecular complexity index is 1220. The summed E-state index contributed by atoms with van der Waals surface area (Å²) in [5.74, 6) is -2.23. The van der Waals surface area contributed by atoms with Crippen molar-refractivity contribution in [1.82, 2.24) is 4.90 Å². The van der Waals surface area contributed by atoms with E-state index in [1.54, 1.807) is 27.7 Å². The van der Waals surface area contributed by atoms with Crippen molar-refractivity contribution < 1.29 is 33.4 Å². The van der Waals surface area contributed by atoms with Crippen LogP contribution in [0.25, 0.3) is 0 Å². The van der Waals surface area contributed by atoms with E-state index in [1.165, 1.54) is 29.7 Å². The molecule has 3 atom stereocenters. The molecule has 2 aliphatic heterocycles. The lowest BCUT2D eigenvalue weighted by Crippen LogP contribution is -2.60. The molecule has 38 heavy (non-hydrogen) atoms. The second-order valence-corrected chi connectivity index (χ2v) is 12.1. The van der Waals surface area contributed by atoms with Gasteiger partial charge in [0.1, 0.15) is 23.6 Å². The monoisotopic (exact) mass is 537 g/mol. The fraction of sp³-hybridized carbons (Fsp3) is 0.379. The van der Waals surface area contributed by atoms with Gasteiger partial charge in [-0.2, -0.15) is 0 Å². The minimum atomic E-state index is -1.05. The van der Waals surface area contributed by atoms with Crippen LogP contribution in [0.2, 0.25) is 0 Å². The predicted octanol–water partition coefficient (Wildman–Crippen LogP) is 4.19. The Morgan fingerprint density at radius 2 is 1.58 bits per heavy atom. The third kappa shape index (κ3) is 5.78. The number of thioether (sulfide) groups is 1. The lowest BCUT2D eigenvalue weighted by atomic mass is 9.94. The summed E-state index contributed by atoms with van der Waals surface area (Å²) >= 11 is 1.28. The molecule has 0 spiro atoms. The van der Waals surface area contributed by atoms with Crippen LogP contribution in [0.4, 0.5) is 0 Å². The van der Waals surface area contributed by atoms with E-state index >= 15 is 0 Å². The Hall–Kier alpha value is -3.59. The van der Waals surface area contributed by atoms with Crippen molar-refractivity contribution in [1.29, 1.82) is 0 Å². The molecule has 2 aromatic rings. The normalized spacial score (nSPS) is 23.6. The third-order valence-corrected chi connectivity index (χ3v) is 7.73. The first-order valence-corrected chi connectivity index (χ1v) is 13.2. The molecule has 1 amide bonds. The van der Waals surface area contributed by atoms with Crippen LogP contribution in [-0.4, -0.2) is 57.1 Å². The average Bonchev–Trinajstić information content (AvgIpc) is 3.14. The number of rotatable bonds is 7.